The fourth-order valence-electron chi connectivity index (χ4n) is 3.50. The molecule has 0 spiro atoms. The average molecular weight is 340 g/mol. The second-order valence-electron chi connectivity index (χ2n) is 6.22. The first-order valence-electron chi connectivity index (χ1n) is 8.02. The van der Waals surface area contributed by atoms with Crippen molar-refractivity contribution in [1.82, 2.24) is 15.8 Å². The van der Waals surface area contributed by atoms with Gasteiger partial charge in [0.2, 0.25) is 0 Å². The Morgan fingerprint density at radius 1 is 1.04 bits per heavy atom. The number of halogens is 1. The Morgan fingerprint density at radius 3 is 2.46 bits per heavy atom. The first kappa shape index (κ1) is 15.2. The van der Waals surface area contributed by atoms with Crippen LogP contribution in [-0.2, 0) is 4.79 Å². The van der Waals surface area contributed by atoms with Crippen LogP contribution < -0.4 is 10.7 Å². The first-order valence-corrected chi connectivity index (χ1v) is 8.40. The average Bonchev–Trinajstić information content (AvgIpc) is 2.93. The van der Waals surface area contributed by atoms with Crippen LogP contribution in [0.5, 0.6) is 0 Å². The fourth-order valence-corrected chi connectivity index (χ4v) is 3.63. The Hall–Kier alpha value is -2.30. The summed E-state index contributed by atoms with van der Waals surface area (Å²) in [5.41, 5.74) is 6.31. The number of carbonyl (C=O) groups excluding carboxylic acids is 1. The molecule has 3 unspecified atom stereocenters. The van der Waals surface area contributed by atoms with Gasteiger partial charge < -0.3 is 5.32 Å². The molecule has 5 heteroatoms. The molecule has 2 heterocycles. The zero-order valence-electron chi connectivity index (χ0n) is 13.2. The summed E-state index contributed by atoms with van der Waals surface area (Å²) in [6.07, 6.45) is 1.52. The van der Waals surface area contributed by atoms with Gasteiger partial charge in [0.25, 0.3) is 5.91 Å². The number of nitrogens with zero attached hydrogens (tertiary/aromatic N) is 1. The zero-order valence-corrected chi connectivity index (χ0v) is 14.0. The molecule has 122 valence electrons. The Balaban J connectivity index is 1.69. The minimum atomic E-state index is -0.131. The maximum atomic E-state index is 12.6. The number of hydrazine groups is 1. The van der Waals surface area contributed by atoms with Gasteiger partial charge in [-0.2, -0.15) is 0 Å². The predicted octanol–water partition coefficient (Wildman–Crippen LogP) is 3.13. The molecular formula is C19H18ClN3O. The molecule has 2 N–H and O–H groups in total. The Kier molecular flexibility index (Phi) is 3.79. The molecule has 1 fully saturated rings. The van der Waals surface area contributed by atoms with Gasteiger partial charge in [-0.3, -0.25) is 9.80 Å². The van der Waals surface area contributed by atoms with E-state index in [1.165, 1.54) is 0 Å². The van der Waals surface area contributed by atoms with E-state index in [4.69, 9.17) is 11.6 Å². The van der Waals surface area contributed by atoms with Gasteiger partial charge in [-0.15, -0.1) is 0 Å². The number of fused-ring (bicyclic) bond motifs is 1. The summed E-state index contributed by atoms with van der Waals surface area (Å²) < 4.78 is 0. The van der Waals surface area contributed by atoms with Gasteiger partial charge in [0.05, 0.1) is 0 Å². The van der Waals surface area contributed by atoms with Gasteiger partial charge in [-0.05, 0) is 30.2 Å². The fraction of sp³-hybridized carbons (Fsp3) is 0.211. The molecule has 1 saturated heterocycles. The van der Waals surface area contributed by atoms with E-state index in [0.717, 1.165) is 16.8 Å². The van der Waals surface area contributed by atoms with Crippen LogP contribution in [0.2, 0.25) is 5.02 Å². The van der Waals surface area contributed by atoms with Crippen molar-refractivity contribution in [2.45, 2.75) is 25.0 Å². The summed E-state index contributed by atoms with van der Waals surface area (Å²) in [6, 6.07) is 17.9. The van der Waals surface area contributed by atoms with Crippen molar-refractivity contribution >= 4 is 23.2 Å². The maximum absolute atomic E-state index is 12.6. The molecule has 4 nitrogen and oxygen atoms in total. The molecule has 1 amide bonds. The lowest BCUT2D eigenvalue weighted by molar-refractivity contribution is -0.130. The van der Waals surface area contributed by atoms with E-state index in [2.05, 4.69) is 17.7 Å². The summed E-state index contributed by atoms with van der Waals surface area (Å²) in [5.74, 6) is 0.111. The molecule has 2 aromatic rings. The zero-order chi connectivity index (χ0) is 16.7. The van der Waals surface area contributed by atoms with Gasteiger partial charge in [0.1, 0.15) is 6.17 Å². The Morgan fingerprint density at radius 2 is 1.75 bits per heavy atom. The summed E-state index contributed by atoms with van der Waals surface area (Å²) in [6.45, 7) is 2.09. The topological polar surface area (TPSA) is 44.4 Å². The number of benzene rings is 2. The number of carbonyl (C=O) groups is 1. The standard InChI is InChI=1S/C19H18ClN3O/c1-12-18(14-7-9-15(20)10-8-14)19-21-16(11-17(24)23(19)22-12)13-5-3-2-4-6-13/h2-12,18-19,21-22H,1H3. The highest BCUT2D eigenvalue weighted by Crippen LogP contribution is 2.34. The number of rotatable bonds is 2. The summed E-state index contributed by atoms with van der Waals surface area (Å²) >= 11 is 6.01. The predicted molar refractivity (Wildman–Crippen MR) is 95.0 cm³/mol. The first-order chi connectivity index (χ1) is 11.6. The summed E-state index contributed by atoms with van der Waals surface area (Å²) in [5, 5.41) is 5.93. The van der Waals surface area contributed by atoms with Crippen molar-refractivity contribution in [3.63, 3.8) is 0 Å². The molecule has 3 atom stereocenters. The van der Waals surface area contributed by atoms with Gasteiger partial charge in [-0.25, -0.2) is 5.43 Å². The van der Waals surface area contributed by atoms with Crippen molar-refractivity contribution < 1.29 is 4.79 Å². The van der Waals surface area contributed by atoms with E-state index < -0.39 is 0 Å². The molecule has 2 aromatic carbocycles. The SMILES string of the molecule is CC1NN2C(=O)C=C(c3ccccc3)NC2C1c1ccc(Cl)cc1. The van der Waals surface area contributed by atoms with E-state index in [9.17, 15) is 4.79 Å². The van der Waals surface area contributed by atoms with E-state index >= 15 is 0 Å². The van der Waals surface area contributed by atoms with Crippen LogP contribution in [0.1, 0.15) is 24.0 Å². The molecule has 0 saturated carbocycles. The van der Waals surface area contributed by atoms with Crippen LogP contribution in [-0.4, -0.2) is 23.1 Å². The third-order valence-corrected chi connectivity index (χ3v) is 4.90. The number of nitrogens with one attached hydrogen (secondary N) is 2. The van der Waals surface area contributed by atoms with E-state index in [1.807, 2.05) is 54.6 Å². The van der Waals surface area contributed by atoms with Crippen LogP contribution >= 0.6 is 11.6 Å². The monoisotopic (exact) mass is 339 g/mol. The lowest BCUT2D eigenvalue weighted by Gasteiger charge is -2.33. The quantitative estimate of drug-likeness (QED) is 0.883. The normalized spacial score (nSPS) is 25.9. The smallest absolute Gasteiger partial charge is 0.264 e. The Labute approximate surface area is 146 Å². The number of hydrogen-bond acceptors (Lipinski definition) is 3. The maximum Gasteiger partial charge on any atom is 0.264 e. The van der Waals surface area contributed by atoms with Crippen molar-refractivity contribution in [3.05, 3.63) is 76.8 Å². The van der Waals surface area contributed by atoms with Crippen molar-refractivity contribution in [3.8, 4) is 0 Å². The van der Waals surface area contributed by atoms with E-state index in [1.54, 1.807) is 11.1 Å². The molecule has 0 bridgehead atoms. The molecule has 0 radical (unpaired) electrons. The van der Waals surface area contributed by atoms with Crippen LogP contribution in [0.4, 0.5) is 0 Å². The number of amides is 1. The van der Waals surface area contributed by atoms with E-state index in [0.29, 0.717) is 5.02 Å². The van der Waals surface area contributed by atoms with Crippen LogP contribution in [0.25, 0.3) is 5.70 Å². The Bertz CT molecular complexity index is 788. The van der Waals surface area contributed by atoms with Gasteiger partial charge in [0.15, 0.2) is 0 Å². The molecule has 4 rings (SSSR count). The largest absolute Gasteiger partial charge is 0.363 e. The lowest BCUT2D eigenvalue weighted by atomic mass is 9.90. The highest BCUT2D eigenvalue weighted by Gasteiger charge is 2.44. The van der Waals surface area contributed by atoms with Crippen molar-refractivity contribution in [2.24, 2.45) is 0 Å². The molecular weight excluding hydrogens is 322 g/mol. The summed E-state index contributed by atoms with van der Waals surface area (Å²) in [4.78, 5) is 12.6. The van der Waals surface area contributed by atoms with Crippen molar-refractivity contribution in [1.29, 1.82) is 0 Å². The third-order valence-electron chi connectivity index (χ3n) is 4.65. The molecule has 2 aliphatic heterocycles. The van der Waals surface area contributed by atoms with Crippen LogP contribution in [0, 0.1) is 0 Å². The minimum absolute atomic E-state index is 0.0269. The second-order valence-corrected chi connectivity index (χ2v) is 6.65. The third kappa shape index (κ3) is 2.58. The van der Waals surface area contributed by atoms with Crippen LogP contribution in [0.15, 0.2) is 60.7 Å². The number of hydrogen-bond donors (Lipinski definition) is 2. The van der Waals surface area contributed by atoms with Crippen molar-refractivity contribution in [2.75, 3.05) is 0 Å². The molecule has 24 heavy (non-hydrogen) atoms. The molecule has 2 aliphatic rings. The molecule has 0 aliphatic carbocycles. The van der Waals surface area contributed by atoms with Gasteiger partial charge in [0, 0.05) is 28.8 Å². The second kappa shape index (κ2) is 5.96. The van der Waals surface area contributed by atoms with Gasteiger partial charge >= 0.3 is 0 Å². The minimum Gasteiger partial charge on any atom is -0.363 e. The van der Waals surface area contributed by atoms with Gasteiger partial charge in [-0.1, -0.05) is 54.1 Å². The lowest BCUT2D eigenvalue weighted by Crippen LogP contribution is -2.52. The molecule has 0 aromatic heterocycles. The summed E-state index contributed by atoms with van der Waals surface area (Å²) in [7, 11) is 0. The highest BCUT2D eigenvalue weighted by molar-refractivity contribution is 6.30. The highest BCUT2D eigenvalue weighted by atomic mass is 35.5. The van der Waals surface area contributed by atoms with E-state index in [-0.39, 0.29) is 24.0 Å². The van der Waals surface area contributed by atoms with Crippen LogP contribution in [0.3, 0.4) is 0 Å².